The molecule has 0 spiro atoms. The van der Waals surface area contributed by atoms with Crippen molar-refractivity contribution in [2.24, 2.45) is 0 Å². The molecule has 0 radical (unpaired) electrons. The Morgan fingerprint density at radius 3 is 2.44 bits per heavy atom. The Labute approximate surface area is 97.0 Å². The average molecular weight is 295 g/mol. The zero-order valence-electron chi connectivity index (χ0n) is 7.88. The van der Waals surface area contributed by atoms with Crippen molar-refractivity contribution in [2.75, 3.05) is 7.11 Å². The van der Waals surface area contributed by atoms with Crippen LogP contribution in [-0.2, 0) is 4.79 Å². The van der Waals surface area contributed by atoms with Gasteiger partial charge in [0.25, 0.3) is 5.78 Å². The van der Waals surface area contributed by atoms with Crippen LogP contribution in [0.5, 0.6) is 5.75 Å². The van der Waals surface area contributed by atoms with Crippen LogP contribution < -0.4 is 4.74 Å². The molecule has 1 aromatic rings. The van der Waals surface area contributed by atoms with Crippen LogP contribution in [-0.4, -0.2) is 24.0 Å². The number of halogens is 3. The fraction of sp³-hybridized carbons (Fsp3) is 0.111. The first-order valence-electron chi connectivity index (χ1n) is 3.89. The van der Waals surface area contributed by atoms with Gasteiger partial charge in [0.15, 0.2) is 5.82 Å². The van der Waals surface area contributed by atoms with Crippen LogP contribution in [0.4, 0.5) is 8.78 Å². The summed E-state index contributed by atoms with van der Waals surface area (Å²) in [5, 5.41) is 8.37. The summed E-state index contributed by atoms with van der Waals surface area (Å²) in [6, 6.07) is 0.726. The van der Waals surface area contributed by atoms with E-state index in [9.17, 15) is 18.4 Å². The van der Waals surface area contributed by atoms with Crippen molar-refractivity contribution in [3.8, 4) is 5.75 Å². The summed E-state index contributed by atoms with van der Waals surface area (Å²) in [7, 11) is 1.18. The first kappa shape index (κ1) is 12.6. The van der Waals surface area contributed by atoms with Crippen LogP contribution >= 0.6 is 15.9 Å². The highest BCUT2D eigenvalue weighted by atomic mass is 79.9. The molecule has 0 saturated heterocycles. The van der Waals surface area contributed by atoms with Gasteiger partial charge < -0.3 is 9.84 Å². The molecule has 16 heavy (non-hydrogen) atoms. The highest BCUT2D eigenvalue weighted by Crippen LogP contribution is 2.32. The van der Waals surface area contributed by atoms with E-state index in [1.54, 1.807) is 0 Å². The maximum Gasteiger partial charge on any atom is 0.377 e. The quantitative estimate of drug-likeness (QED) is 0.526. The lowest BCUT2D eigenvalue weighted by Gasteiger charge is -2.07. The van der Waals surface area contributed by atoms with Gasteiger partial charge in [0.2, 0.25) is 0 Å². The van der Waals surface area contributed by atoms with Gasteiger partial charge in [0.05, 0.1) is 11.6 Å². The number of carboxylic acid groups (broad SMARTS) is 1. The number of Topliss-reactive ketones (excluding diaryl/α,β-unsaturated/α-hetero) is 1. The van der Waals surface area contributed by atoms with Gasteiger partial charge in [-0.25, -0.2) is 13.6 Å². The Morgan fingerprint density at radius 1 is 1.44 bits per heavy atom. The van der Waals surface area contributed by atoms with Crippen LogP contribution in [0.25, 0.3) is 0 Å². The van der Waals surface area contributed by atoms with Crippen molar-refractivity contribution in [1.29, 1.82) is 0 Å². The van der Waals surface area contributed by atoms with Gasteiger partial charge in [-0.1, -0.05) is 0 Å². The van der Waals surface area contributed by atoms with Crippen LogP contribution in [0.1, 0.15) is 10.4 Å². The second kappa shape index (κ2) is 4.56. The van der Waals surface area contributed by atoms with Crippen LogP contribution in [0, 0.1) is 11.6 Å². The summed E-state index contributed by atoms with van der Waals surface area (Å²) in [6.07, 6.45) is 0. The number of hydrogen-bond acceptors (Lipinski definition) is 3. The molecule has 1 aromatic carbocycles. The minimum absolute atomic E-state index is 0.170. The standard InChI is InChI=1S/C9H5BrF2O4/c1-16-4-2-3(11)5(7(12)6(4)10)8(13)9(14)15/h2H,1H3,(H,14,15). The van der Waals surface area contributed by atoms with Gasteiger partial charge >= 0.3 is 5.97 Å². The molecule has 0 saturated carbocycles. The summed E-state index contributed by atoms with van der Waals surface area (Å²) in [6.45, 7) is 0. The first-order chi connectivity index (χ1) is 7.40. The molecule has 4 nitrogen and oxygen atoms in total. The van der Waals surface area contributed by atoms with Crippen LogP contribution in [0.15, 0.2) is 10.5 Å². The minimum atomic E-state index is -1.94. The van der Waals surface area contributed by atoms with Crippen molar-refractivity contribution in [3.63, 3.8) is 0 Å². The molecule has 0 aliphatic heterocycles. The molecule has 0 aromatic heterocycles. The topological polar surface area (TPSA) is 63.6 Å². The molecule has 1 rings (SSSR count). The Hall–Kier alpha value is -1.50. The third-order valence-corrected chi connectivity index (χ3v) is 2.51. The summed E-state index contributed by atoms with van der Waals surface area (Å²) in [5.41, 5.74) is -1.12. The number of benzene rings is 1. The normalized spacial score (nSPS) is 10.0. The molecule has 86 valence electrons. The van der Waals surface area contributed by atoms with Crippen molar-refractivity contribution in [3.05, 3.63) is 27.7 Å². The zero-order chi connectivity index (χ0) is 12.5. The number of hydrogen-bond donors (Lipinski definition) is 1. The SMILES string of the molecule is COc1cc(F)c(C(=O)C(=O)O)c(F)c1Br. The number of methoxy groups -OCH3 is 1. The Kier molecular flexibility index (Phi) is 3.58. The summed E-state index contributed by atoms with van der Waals surface area (Å²) in [4.78, 5) is 21.3. The molecule has 0 fully saturated rings. The van der Waals surface area contributed by atoms with E-state index in [-0.39, 0.29) is 10.2 Å². The lowest BCUT2D eigenvalue weighted by atomic mass is 10.1. The van der Waals surface area contributed by atoms with E-state index in [4.69, 9.17) is 5.11 Å². The van der Waals surface area contributed by atoms with E-state index in [0.29, 0.717) is 0 Å². The number of rotatable bonds is 3. The molecular formula is C9H5BrF2O4. The van der Waals surface area contributed by atoms with Gasteiger partial charge in [0.1, 0.15) is 17.1 Å². The van der Waals surface area contributed by atoms with Crippen LogP contribution in [0.2, 0.25) is 0 Å². The predicted octanol–water partition coefficient (Wildman–Crippen LogP) is 2.00. The molecule has 0 heterocycles. The maximum absolute atomic E-state index is 13.5. The van der Waals surface area contributed by atoms with Crippen molar-refractivity contribution < 1.29 is 28.2 Å². The smallest absolute Gasteiger partial charge is 0.377 e. The number of ether oxygens (including phenoxy) is 1. The van der Waals surface area contributed by atoms with E-state index >= 15 is 0 Å². The predicted molar refractivity (Wildman–Crippen MR) is 52.6 cm³/mol. The number of carbonyl (C=O) groups is 2. The molecule has 0 unspecified atom stereocenters. The Bertz CT molecular complexity index is 473. The number of carbonyl (C=O) groups excluding carboxylic acids is 1. The minimum Gasteiger partial charge on any atom is -0.495 e. The van der Waals surface area contributed by atoms with Gasteiger partial charge in [-0.2, -0.15) is 0 Å². The molecule has 1 N–H and O–H groups in total. The second-order valence-corrected chi connectivity index (χ2v) is 3.49. The van der Waals surface area contributed by atoms with E-state index in [1.165, 1.54) is 7.11 Å². The molecule has 0 aliphatic carbocycles. The highest BCUT2D eigenvalue weighted by molar-refractivity contribution is 9.10. The van der Waals surface area contributed by atoms with Gasteiger partial charge in [0, 0.05) is 6.07 Å². The number of ketones is 1. The largest absolute Gasteiger partial charge is 0.495 e. The number of aliphatic carboxylic acids is 1. The maximum atomic E-state index is 13.5. The monoisotopic (exact) mass is 294 g/mol. The van der Waals surface area contributed by atoms with Crippen LogP contribution in [0.3, 0.4) is 0 Å². The average Bonchev–Trinajstić information content (AvgIpc) is 2.23. The van der Waals surface area contributed by atoms with E-state index in [2.05, 4.69) is 20.7 Å². The molecular weight excluding hydrogens is 290 g/mol. The van der Waals surface area contributed by atoms with E-state index in [1.807, 2.05) is 0 Å². The fourth-order valence-corrected chi connectivity index (χ4v) is 1.51. The number of carboxylic acids is 1. The summed E-state index contributed by atoms with van der Waals surface area (Å²) >= 11 is 2.73. The zero-order valence-corrected chi connectivity index (χ0v) is 9.47. The Balaban J connectivity index is 3.48. The lowest BCUT2D eigenvalue weighted by molar-refractivity contribution is -0.131. The molecule has 0 bridgehead atoms. The van der Waals surface area contributed by atoms with E-state index in [0.717, 1.165) is 6.07 Å². The molecule has 7 heteroatoms. The fourth-order valence-electron chi connectivity index (χ4n) is 1.04. The third-order valence-electron chi connectivity index (χ3n) is 1.77. The van der Waals surface area contributed by atoms with Crippen molar-refractivity contribution in [1.82, 2.24) is 0 Å². The molecule has 0 amide bonds. The second-order valence-electron chi connectivity index (χ2n) is 2.70. The van der Waals surface area contributed by atoms with E-state index < -0.39 is 29.0 Å². The summed E-state index contributed by atoms with van der Waals surface area (Å²) < 4.78 is 31.0. The molecule has 0 aliphatic rings. The molecule has 0 atom stereocenters. The van der Waals surface area contributed by atoms with Gasteiger partial charge in [-0.15, -0.1) is 0 Å². The van der Waals surface area contributed by atoms with Crippen molar-refractivity contribution in [2.45, 2.75) is 0 Å². The lowest BCUT2D eigenvalue weighted by Crippen LogP contribution is -2.17. The summed E-state index contributed by atoms with van der Waals surface area (Å²) in [5.74, 6) is -6.35. The van der Waals surface area contributed by atoms with Crippen molar-refractivity contribution >= 4 is 27.7 Å². The first-order valence-corrected chi connectivity index (χ1v) is 4.68. The third kappa shape index (κ3) is 2.04. The Morgan fingerprint density at radius 2 is 2.00 bits per heavy atom. The van der Waals surface area contributed by atoms with Gasteiger partial charge in [-0.05, 0) is 15.9 Å². The highest BCUT2D eigenvalue weighted by Gasteiger charge is 2.27. The van der Waals surface area contributed by atoms with Gasteiger partial charge in [-0.3, -0.25) is 4.79 Å².